The van der Waals surface area contributed by atoms with Crippen LogP contribution in [0, 0.1) is 6.92 Å². The fraction of sp³-hybridized carbons (Fsp3) is 0.174. The number of nitrogens with zero attached hydrogens (tertiary/aromatic N) is 6. The van der Waals surface area contributed by atoms with Gasteiger partial charge in [0.05, 0.1) is 30.4 Å². The summed E-state index contributed by atoms with van der Waals surface area (Å²) >= 11 is 0. The molecule has 0 saturated carbocycles. The topological polar surface area (TPSA) is 136 Å². The van der Waals surface area contributed by atoms with Crippen molar-refractivity contribution in [3.8, 4) is 5.82 Å². The van der Waals surface area contributed by atoms with E-state index in [0.29, 0.717) is 28.7 Å². The zero-order chi connectivity index (χ0) is 23.4. The van der Waals surface area contributed by atoms with Crippen molar-refractivity contribution in [3.63, 3.8) is 0 Å². The Morgan fingerprint density at radius 2 is 2.06 bits per heavy atom. The van der Waals surface area contributed by atoms with Gasteiger partial charge in [0.25, 0.3) is 0 Å². The molecule has 3 heterocycles. The van der Waals surface area contributed by atoms with Gasteiger partial charge in [0, 0.05) is 23.0 Å². The first-order chi connectivity index (χ1) is 16.0. The Bertz CT molecular complexity index is 1340. The Labute approximate surface area is 190 Å². The van der Waals surface area contributed by atoms with E-state index in [9.17, 15) is 5.11 Å². The van der Waals surface area contributed by atoms with Gasteiger partial charge >= 0.3 is 0 Å². The van der Waals surface area contributed by atoms with Gasteiger partial charge in [0.2, 0.25) is 0 Å². The van der Waals surface area contributed by atoms with E-state index in [0.717, 1.165) is 22.4 Å². The second-order valence-corrected chi connectivity index (χ2v) is 7.32. The predicted octanol–water partition coefficient (Wildman–Crippen LogP) is 3.29. The van der Waals surface area contributed by atoms with E-state index in [1.807, 2.05) is 47.9 Å². The fourth-order valence-electron chi connectivity index (χ4n) is 3.17. The number of benzene rings is 1. The number of aliphatic imine (C=N–C) groups is 1. The van der Waals surface area contributed by atoms with E-state index in [4.69, 9.17) is 10.5 Å². The van der Waals surface area contributed by atoms with Gasteiger partial charge in [0.15, 0.2) is 17.5 Å². The maximum atomic E-state index is 9.71. The van der Waals surface area contributed by atoms with E-state index in [-0.39, 0.29) is 12.5 Å². The molecule has 10 nitrogen and oxygen atoms in total. The lowest BCUT2D eigenvalue weighted by molar-refractivity contribution is 0.282. The Morgan fingerprint density at radius 3 is 2.79 bits per heavy atom. The van der Waals surface area contributed by atoms with Gasteiger partial charge in [-0.25, -0.2) is 15.0 Å². The highest BCUT2D eigenvalue weighted by molar-refractivity contribution is 5.94. The lowest BCUT2D eigenvalue weighted by Crippen LogP contribution is -2.03. The number of nitrogens with two attached hydrogens (primary N) is 1. The highest BCUT2D eigenvalue weighted by atomic mass is 16.5. The van der Waals surface area contributed by atoms with Gasteiger partial charge in [-0.05, 0) is 56.3 Å². The first-order valence-corrected chi connectivity index (χ1v) is 10.2. The van der Waals surface area contributed by atoms with E-state index in [1.54, 1.807) is 25.4 Å². The smallest absolute Gasteiger partial charge is 0.185 e. The first kappa shape index (κ1) is 21.9. The molecule has 0 atom stereocenters. The van der Waals surface area contributed by atoms with Gasteiger partial charge in [-0.1, -0.05) is 0 Å². The predicted molar refractivity (Wildman–Crippen MR) is 127 cm³/mol. The number of aromatic nitrogens is 5. The van der Waals surface area contributed by atoms with E-state index in [1.165, 1.54) is 7.11 Å². The lowest BCUT2D eigenvalue weighted by Gasteiger charge is -2.09. The van der Waals surface area contributed by atoms with Crippen molar-refractivity contribution in [2.75, 3.05) is 12.4 Å². The van der Waals surface area contributed by atoms with Crippen molar-refractivity contribution in [1.29, 1.82) is 0 Å². The molecule has 4 N–H and O–H groups in total. The summed E-state index contributed by atoms with van der Waals surface area (Å²) in [5, 5.41) is 21.1. The number of aryl methyl sites for hydroxylation is 1. The summed E-state index contributed by atoms with van der Waals surface area (Å²) in [7, 11) is 1.48. The lowest BCUT2D eigenvalue weighted by atomic mass is 10.2. The minimum absolute atomic E-state index is 0.190. The van der Waals surface area contributed by atoms with Crippen LogP contribution in [0.2, 0.25) is 0 Å². The molecule has 4 rings (SSSR count). The second-order valence-electron chi connectivity index (χ2n) is 7.32. The van der Waals surface area contributed by atoms with Gasteiger partial charge in [0.1, 0.15) is 12.1 Å². The van der Waals surface area contributed by atoms with Crippen LogP contribution >= 0.6 is 0 Å². The molecule has 0 radical (unpaired) electrons. The normalized spacial score (nSPS) is 12.2. The maximum absolute atomic E-state index is 9.71. The minimum Gasteiger partial charge on any atom is -0.483 e. The first-order valence-electron chi connectivity index (χ1n) is 10.2. The van der Waals surface area contributed by atoms with Crippen molar-refractivity contribution in [1.82, 2.24) is 24.7 Å². The molecule has 1 aromatic carbocycles. The standard InChI is InChI=1S/C23H24N8O2/c1-14-4-8-21(30-29-14)27-17-6-7-19-18(11-17)25-13-31(19)22-9-5-16(12-32)23(28-22)26-15(2)10-20(24)33-3/h4-11,13,32H,12,24H2,1-3H3,(H,27,30)/b20-10+,26-15+. The number of hydrogen-bond acceptors (Lipinski definition) is 9. The molecule has 10 heteroatoms. The number of pyridine rings is 1. The van der Waals surface area contributed by atoms with Crippen molar-refractivity contribution in [2.45, 2.75) is 20.5 Å². The second kappa shape index (κ2) is 9.45. The molecule has 3 aromatic heterocycles. The molecular weight excluding hydrogens is 420 g/mol. The average molecular weight is 444 g/mol. The van der Waals surface area contributed by atoms with Crippen LogP contribution in [-0.4, -0.2) is 42.7 Å². The Morgan fingerprint density at radius 1 is 1.21 bits per heavy atom. The summed E-state index contributed by atoms with van der Waals surface area (Å²) < 4.78 is 6.82. The molecule has 4 aromatic rings. The molecule has 0 bridgehead atoms. The molecule has 0 amide bonds. The van der Waals surface area contributed by atoms with Crippen LogP contribution in [-0.2, 0) is 11.3 Å². The zero-order valence-electron chi connectivity index (χ0n) is 18.5. The number of methoxy groups -OCH3 is 1. The third-order valence-corrected chi connectivity index (χ3v) is 4.85. The van der Waals surface area contributed by atoms with Crippen LogP contribution in [0.5, 0.6) is 0 Å². The van der Waals surface area contributed by atoms with Crippen molar-refractivity contribution in [3.05, 3.63) is 72.0 Å². The number of nitrogens with one attached hydrogen (secondary N) is 1. The summed E-state index contributed by atoms with van der Waals surface area (Å²) in [6.45, 7) is 3.48. The Hall–Kier alpha value is -4.31. The molecule has 0 saturated heterocycles. The van der Waals surface area contributed by atoms with Gasteiger partial charge in [-0.15, -0.1) is 5.10 Å². The zero-order valence-corrected chi connectivity index (χ0v) is 18.5. The van der Waals surface area contributed by atoms with E-state index in [2.05, 4.69) is 30.5 Å². The number of ether oxygens (including phenoxy) is 1. The molecule has 0 aliphatic rings. The maximum Gasteiger partial charge on any atom is 0.185 e. The molecule has 0 aliphatic heterocycles. The van der Waals surface area contributed by atoms with Gasteiger partial charge < -0.3 is 20.9 Å². The van der Waals surface area contributed by atoms with Crippen LogP contribution in [0.1, 0.15) is 18.2 Å². The van der Waals surface area contributed by atoms with Crippen molar-refractivity contribution < 1.29 is 9.84 Å². The molecular formula is C23H24N8O2. The molecule has 168 valence electrons. The number of aliphatic hydroxyl groups excluding tert-OH is 1. The Balaban J connectivity index is 1.67. The quantitative estimate of drug-likeness (QED) is 0.292. The molecule has 0 fully saturated rings. The summed E-state index contributed by atoms with van der Waals surface area (Å²) in [6.07, 6.45) is 3.29. The van der Waals surface area contributed by atoms with E-state index < -0.39 is 0 Å². The van der Waals surface area contributed by atoms with Crippen LogP contribution < -0.4 is 11.1 Å². The Kier molecular flexibility index (Phi) is 6.27. The van der Waals surface area contributed by atoms with Crippen LogP contribution in [0.25, 0.3) is 16.9 Å². The molecule has 0 aliphatic carbocycles. The highest BCUT2D eigenvalue weighted by Gasteiger charge is 2.11. The number of aliphatic hydroxyl groups is 1. The van der Waals surface area contributed by atoms with Gasteiger partial charge in [-0.3, -0.25) is 4.57 Å². The van der Waals surface area contributed by atoms with E-state index >= 15 is 0 Å². The summed E-state index contributed by atoms with van der Waals surface area (Å²) in [5.41, 5.74) is 10.2. The third-order valence-electron chi connectivity index (χ3n) is 4.85. The number of hydrogen-bond donors (Lipinski definition) is 3. The monoisotopic (exact) mass is 444 g/mol. The summed E-state index contributed by atoms with van der Waals surface area (Å²) in [6, 6.07) is 13.2. The summed E-state index contributed by atoms with van der Waals surface area (Å²) in [5.74, 6) is 1.90. The summed E-state index contributed by atoms with van der Waals surface area (Å²) in [4.78, 5) is 13.6. The van der Waals surface area contributed by atoms with Crippen LogP contribution in [0.4, 0.5) is 17.3 Å². The number of fused-ring (bicyclic) bond motifs is 1. The van der Waals surface area contributed by atoms with Gasteiger partial charge in [-0.2, -0.15) is 5.10 Å². The molecule has 0 spiro atoms. The SMILES string of the molecule is CO/C(N)=C/C(C)=N/c1nc(-n2cnc3cc(Nc4ccc(C)nn4)ccc32)ccc1CO. The number of anilines is 2. The van der Waals surface area contributed by atoms with Crippen LogP contribution in [0.15, 0.2) is 65.7 Å². The molecule has 33 heavy (non-hydrogen) atoms. The highest BCUT2D eigenvalue weighted by Crippen LogP contribution is 2.25. The number of rotatable bonds is 7. The van der Waals surface area contributed by atoms with Crippen molar-refractivity contribution in [2.24, 2.45) is 10.7 Å². The minimum atomic E-state index is -0.190. The van der Waals surface area contributed by atoms with Crippen molar-refractivity contribution >= 4 is 34.1 Å². The average Bonchev–Trinajstić information content (AvgIpc) is 3.23. The van der Waals surface area contributed by atoms with Crippen LogP contribution in [0.3, 0.4) is 0 Å². The molecule has 0 unspecified atom stereocenters. The number of allylic oxidation sites excluding steroid dienone is 1. The largest absolute Gasteiger partial charge is 0.483 e. The third kappa shape index (κ3) is 4.96. The fourth-order valence-corrected chi connectivity index (χ4v) is 3.17. The number of imidazole rings is 1.